The molecule has 0 saturated carbocycles. The molecule has 0 spiro atoms. The standard InChI is InChI=1S/C17H28N2O3S/c1-6-15(4)18-17(20)8-7-11-19(23(5,21)22)16-10-9-13(2)14(3)12-16/h9-10,12,15H,6-8,11H2,1-5H3,(H,18,20)/t15-/m0/s1. The second-order valence-electron chi connectivity index (χ2n) is 6.08. The van der Waals surface area contributed by atoms with Gasteiger partial charge in [-0.2, -0.15) is 0 Å². The number of benzene rings is 1. The van der Waals surface area contributed by atoms with Crippen molar-refractivity contribution in [2.24, 2.45) is 0 Å². The van der Waals surface area contributed by atoms with E-state index in [1.54, 1.807) is 0 Å². The van der Waals surface area contributed by atoms with Gasteiger partial charge in [-0.1, -0.05) is 13.0 Å². The molecular weight excluding hydrogens is 312 g/mol. The molecule has 0 aromatic heterocycles. The second kappa shape index (κ2) is 8.34. The van der Waals surface area contributed by atoms with Crippen molar-refractivity contribution in [2.75, 3.05) is 17.1 Å². The molecule has 23 heavy (non-hydrogen) atoms. The van der Waals surface area contributed by atoms with Gasteiger partial charge in [-0.25, -0.2) is 8.42 Å². The van der Waals surface area contributed by atoms with E-state index in [4.69, 9.17) is 0 Å². The summed E-state index contributed by atoms with van der Waals surface area (Å²) in [5.74, 6) is -0.0344. The molecule has 0 aliphatic carbocycles. The van der Waals surface area contributed by atoms with Crippen LogP contribution in [0.1, 0.15) is 44.2 Å². The van der Waals surface area contributed by atoms with Gasteiger partial charge in [0.15, 0.2) is 0 Å². The number of anilines is 1. The summed E-state index contributed by atoms with van der Waals surface area (Å²) in [7, 11) is -3.37. The van der Waals surface area contributed by atoms with Crippen molar-refractivity contribution in [1.82, 2.24) is 5.32 Å². The van der Waals surface area contributed by atoms with Crippen molar-refractivity contribution in [3.8, 4) is 0 Å². The lowest BCUT2D eigenvalue weighted by Crippen LogP contribution is -2.34. The van der Waals surface area contributed by atoms with E-state index < -0.39 is 10.0 Å². The van der Waals surface area contributed by atoms with Gasteiger partial charge >= 0.3 is 0 Å². The quantitative estimate of drug-likeness (QED) is 0.791. The molecule has 0 saturated heterocycles. The molecular formula is C17H28N2O3S. The highest BCUT2D eigenvalue weighted by Crippen LogP contribution is 2.21. The zero-order valence-electron chi connectivity index (χ0n) is 14.7. The van der Waals surface area contributed by atoms with Crippen LogP contribution in [-0.2, 0) is 14.8 Å². The number of hydrogen-bond acceptors (Lipinski definition) is 3. The van der Waals surface area contributed by atoms with Gasteiger partial charge in [-0.3, -0.25) is 9.10 Å². The Balaban J connectivity index is 2.74. The molecule has 1 atom stereocenters. The van der Waals surface area contributed by atoms with Crippen LogP contribution in [0, 0.1) is 13.8 Å². The lowest BCUT2D eigenvalue weighted by molar-refractivity contribution is -0.121. The van der Waals surface area contributed by atoms with Crippen LogP contribution in [0.2, 0.25) is 0 Å². The van der Waals surface area contributed by atoms with Crippen LogP contribution in [0.25, 0.3) is 0 Å². The van der Waals surface area contributed by atoms with Gasteiger partial charge in [0.25, 0.3) is 0 Å². The molecule has 0 unspecified atom stereocenters. The van der Waals surface area contributed by atoms with Crippen LogP contribution >= 0.6 is 0 Å². The van der Waals surface area contributed by atoms with Gasteiger partial charge in [0, 0.05) is 19.0 Å². The van der Waals surface area contributed by atoms with E-state index in [0.717, 1.165) is 17.5 Å². The van der Waals surface area contributed by atoms with Crippen molar-refractivity contribution in [3.05, 3.63) is 29.3 Å². The maximum atomic E-state index is 12.1. The fourth-order valence-corrected chi connectivity index (χ4v) is 3.16. The van der Waals surface area contributed by atoms with E-state index in [1.165, 1.54) is 10.6 Å². The molecule has 6 heteroatoms. The zero-order valence-corrected chi connectivity index (χ0v) is 15.5. The van der Waals surface area contributed by atoms with E-state index in [2.05, 4.69) is 5.32 Å². The Hall–Kier alpha value is -1.56. The average Bonchev–Trinajstić information content (AvgIpc) is 2.45. The highest BCUT2D eigenvalue weighted by molar-refractivity contribution is 7.92. The first-order valence-corrected chi connectivity index (χ1v) is 9.84. The monoisotopic (exact) mass is 340 g/mol. The van der Waals surface area contributed by atoms with Crippen LogP contribution in [0.4, 0.5) is 5.69 Å². The average molecular weight is 340 g/mol. The second-order valence-corrected chi connectivity index (χ2v) is 7.99. The number of hydrogen-bond donors (Lipinski definition) is 1. The summed E-state index contributed by atoms with van der Waals surface area (Å²) >= 11 is 0. The molecule has 0 bridgehead atoms. The van der Waals surface area contributed by atoms with Crippen LogP contribution < -0.4 is 9.62 Å². The van der Waals surface area contributed by atoms with E-state index in [1.807, 2.05) is 45.9 Å². The molecule has 1 aromatic rings. The Labute approximate surface area is 140 Å². The summed E-state index contributed by atoms with van der Waals surface area (Å²) in [5, 5.41) is 2.89. The summed E-state index contributed by atoms with van der Waals surface area (Å²) in [6.07, 6.45) is 2.88. The number of aryl methyl sites for hydroxylation is 2. The smallest absolute Gasteiger partial charge is 0.232 e. The van der Waals surface area contributed by atoms with Gasteiger partial charge < -0.3 is 5.32 Å². The molecule has 1 amide bonds. The lowest BCUT2D eigenvalue weighted by Gasteiger charge is -2.23. The number of carbonyl (C=O) groups is 1. The highest BCUT2D eigenvalue weighted by atomic mass is 32.2. The first kappa shape index (κ1) is 19.5. The maximum absolute atomic E-state index is 12.1. The van der Waals surface area contributed by atoms with Crippen molar-refractivity contribution in [3.63, 3.8) is 0 Å². The van der Waals surface area contributed by atoms with Crippen molar-refractivity contribution in [2.45, 2.75) is 53.0 Å². The Kier molecular flexibility index (Phi) is 7.06. The van der Waals surface area contributed by atoms with E-state index in [-0.39, 0.29) is 11.9 Å². The molecule has 0 aliphatic heterocycles. The molecule has 130 valence electrons. The fraction of sp³-hybridized carbons (Fsp3) is 0.588. The maximum Gasteiger partial charge on any atom is 0.232 e. The zero-order chi connectivity index (χ0) is 17.6. The topological polar surface area (TPSA) is 66.5 Å². The number of carbonyl (C=O) groups excluding carboxylic acids is 1. The summed E-state index contributed by atoms with van der Waals surface area (Å²) < 4.78 is 25.5. The number of rotatable bonds is 8. The Bertz CT molecular complexity index is 641. The minimum absolute atomic E-state index is 0.0344. The normalized spacial score (nSPS) is 12.7. The highest BCUT2D eigenvalue weighted by Gasteiger charge is 2.18. The number of nitrogens with one attached hydrogen (secondary N) is 1. The largest absolute Gasteiger partial charge is 0.354 e. The number of sulfonamides is 1. The number of amides is 1. The third-order valence-electron chi connectivity index (χ3n) is 3.96. The minimum atomic E-state index is -3.37. The first-order chi connectivity index (χ1) is 10.6. The molecule has 1 rings (SSSR count). The molecule has 0 aliphatic rings. The van der Waals surface area contributed by atoms with E-state index >= 15 is 0 Å². The van der Waals surface area contributed by atoms with Crippen molar-refractivity contribution < 1.29 is 13.2 Å². The Morgan fingerprint density at radius 3 is 2.43 bits per heavy atom. The van der Waals surface area contributed by atoms with Gasteiger partial charge in [0.1, 0.15) is 0 Å². The number of nitrogens with zero attached hydrogens (tertiary/aromatic N) is 1. The predicted octanol–water partition coefficient (Wildman–Crippen LogP) is 2.76. The van der Waals surface area contributed by atoms with Crippen LogP contribution in [0.5, 0.6) is 0 Å². The van der Waals surface area contributed by atoms with Gasteiger partial charge in [0.05, 0.1) is 11.9 Å². The molecule has 1 aromatic carbocycles. The summed E-state index contributed by atoms with van der Waals surface area (Å²) in [4.78, 5) is 11.8. The Morgan fingerprint density at radius 2 is 1.91 bits per heavy atom. The Morgan fingerprint density at radius 1 is 1.26 bits per heavy atom. The van der Waals surface area contributed by atoms with Gasteiger partial charge in [-0.15, -0.1) is 0 Å². The van der Waals surface area contributed by atoms with Crippen molar-refractivity contribution in [1.29, 1.82) is 0 Å². The molecule has 0 heterocycles. The van der Waals surface area contributed by atoms with Crippen LogP contribution in [0.3, 0.4) is 0 Å². The van der Waals surface area contributed by atoms with Crippen molar-refractivity contribution >= 4 is 21.6 Å². The van der Waals surface area contributed by atoms with Gasteiger partial charge in [0.2, 0.25) is 15.9 Å². The van der Waals surface area contributed by atoms with Gasteiger partial charge in [-0.05, 0) is 56.9 Å². The molecule has 5 nitrogen and oxygen atoms in total. The summed E-state index contributed by atoms with van der Waals surface area (Å²) in [6.45, 7) is 8.21. The third-order valence-corrected chi connectivity index (χ3v) is 5.16. The van der Waals surface area contributed by atoms with Crippen LogP contribution in [0.15, 0.2) is 18.2 Å². The van der Waals surface area contributed by atoms with E-state index in [0.29, 0.717) is 25.1 Å². The van der Waals surface area contributed by atoms with Crippen LogP contribution in [-0.4, -0.2) is 33.2 Å². The first-order valence-electron chi connectivity index (χ1n) is 7.99. The summed E-state index contributed by atoms with van der Waals surface area (Å²) in [6, 6.07) is 5.74. The fourth-order valence-electron chi connectivity index (χ4n) is 2.20. The molecule has 0 radical (unpaired) electrons. The molecule has 0 fully saturated rings. The third kappa shape index (κ3) is 6.22. The SMILES string of the molecule is CC[C@H](C)NC(=O)CCCN(c1ccc(C)c(C)c1)S(C)(=O)=O. The molecule has 1 N–H and O–H groups in total. The van der Waals surface area contributed by atoms with E-state index in [9.17, 15) is 13.2 Å². The summed E-state index contributed by atoms with van der Waals surface area (Å²) in [5.41, 5.74) is 2.82. The minimum Gasteiger partial charge on any atom is -0.354 e. The predicted molar refractivity (Wildman–Crippen MR) is 95.2 cm³/mol. The lowest BCUT2D eigenvalue weighted by atomic mass is 10.1.